The number of hydrogen-bond donors (Lipinski definition) is 4. The van der Waals surface area contributed by atoms with Gasteiger partial charge in [-0.15, -0.1) is 0 Å². The third kappa shape index (κ3) is 3.04. The van der Waals surface area contributed by atoms with Crippen molar-refractivity contribution in [3.8, 4) is 0 Å². The van der Waals surface area contributed by atoms with Crippen molar-refractivity contribution in [1.82, 2.24) is 0 Å². The van der Waals surface area contributed by atoms with Crippen LogP contribution in [-0.2, 0) is 4.74 Å². The maximum atomic E-state index is 9.38. The molecule has 0 rings (SSSR count). The molecule has 0 radical (unpaired) electrons. The first-order valence-electron chi connectivity index (χ1n) is 3.80. The van der Waals surface area contributed by atoms with Crippen molar-refractivity contribution in [2.75, 3.05) is 13.7 Å². The molecule has 0 spiro atoms. The molecule has 0 saturated carbocycles. The maximum absolute atomic E-state index is 9.38. The van der Waals surface area contributed by atoms with E-state index in [0.29, 0.717) is 0 Å². The molecule has 12 heavy (non-hydrogen) atoms. The molecule has 0 aliphatic carbocycles. The molecule has 0 fully saturated rings. The molecule has 74 valence electrons. The van der Waals surface area contributed by atoms with Gasteiger partial charge in [-0.25, -0.2) is 0 Å². The van der Waals surface area contributed by atoms with Crippen molar-refractivity contribution in [1.29, 1.82) is 0 Å². The van der Waals surface area contributed by atoms with E-state index in [4.69, 9.17) is 20.7 Å². The normalized spacial score (nSPS) is 21.5. The third-order valence-corrected chi connectivity index (χ3v) is 1.81. The lowest BCUT2D eigenvalue weighted by Crippen LogP contribution is -2.50. The highest BCUT2D eigenvalue weighted by Crippen LogP contribution is 2.04. The Balaban J connectivity index is 4.05. The second-order valence-electron chi connectivity index (χ2n) is 2.77. The van der Waals surface area contributed by atoms with Crippen molar-refractivity contribution < 1.29 is 20.1 Å². The second kappa shape index (κ2) is 5.45. The van der Waals surface area contributed by atoms with Gasteiger partial charge < -0.3 is 25.8 Å². The zero-order valence-electron chi connectivity index (χ0n) is 7.34. The van der Waals surface area contributed by atoms with Crippen LogP contribution in [0.5, 0.6) is 0 Å². The van der Waals surface area contributed by atoms with Gasteiger partial charge in [0.05, 0.1) is 24.9 Å². The summed E-state index contributed by atoms with van der Waals surface area (Å²) in [5.74, 6) is 0. The highest BCUT2D eigenvalue weighted by atomic mass is 16.5. The smallest absolute Gasteiger partial charge is 0.108 e. The van der Waals surface area contributed by atoms with Crippen molar-refractivity contribution in [2.24, 2.45) is 5.73 Å². The molecule has 5 N–H and O–H groups in total. The van der Waals surface area contributed by atoms with Gasteiger partial charge in [-0.05, 0) is 6.92 Å². The number of aliphatic hydroxyl groups excluding tert-OH is 3. The first-order chi connectivity index (χ1) is 5.54. The average molecular weight is 179 g/mol. The Morgan fingerprint density at radius 3 is 2.17 bits per heavy atom. The van der Waals surface area contributed by atoms with Gasteiger partial charge in [0.2, 0.25) is 0 Å². The fourth-order valence-electron chi connectivity index (χ4n) is 0.855. The molecule has 0 amide bonds. The zero-order valence-corrected chi connectivity index (χ0v) is 7.34. The van der Waals surface area contributed by atoms with Crippen LogP contribution >= 0.6 is 0 Å². The molecule has 5 heteroatoms. The van der Waals surface area contributed by atoms with Crippen molar-refractivity contribution in [3.63, 3.8) is 0 Å². The predicted molar refractivity (Wildman–Crippen MR) is 43.5 cm³/mol. The van der Waals surface area contributed by atoms with E-state index in [1.54, 1.807) is 0 Å². The van der Waals surface area contributed by atoms with E-state index in [2.05, 4.69) is 0 Å². The molecule has 3 unspecified atom stereocenters. The molecule has 4 atom stereocenters. The van der Waals surface area contributed by atoms with E-state index in [1.807, 2.05) is 0 Å². The molecular weight excluding hydrogens is 162 g/mol. The van der Waals surface area contributed by atoms with E-state index >= 15 is 0 Å². The SMILES string of the molecule is COC(CO)C(O)C(N)[C@@H](C)O. The minimum atomic E-state index is -1.06. The molecular formula is C7H17NO4. The monoisotopic (exact) mass is 179 g/mol. The summed E-state index contributed by atoms with van der Waals surface area (Å²) in [5.41, 5.74) is 5.42. The summed E-state index contributed by atoms with van der Waals surface area (Å²) < 4.78 is 4.74. The first-order valence-corrected chi connectivity index (χ1v) is 3.80. The second-order valence-corrected chi connectivity index (χ2v) is 2.77. The lowest BCUT2D eigenvalue weighted by atomic mass is 10.0. The van der Waals surface area contributed by atoms with Crippen LogP contribution < -0.4 is 5.73 Å². The Kier molecular flexibility index (Phi) is 5.36. The van der Waals surface area contributed by atoms with Gasteiger partial charge in [-0.2, -0.15) is 0 Å². The van der Waals surface area contributed by atoms with Gasteiger partial charge in [-0.3, -0.25) is 0 Å². The largest absolute Gasteiger partial charge is 0.394 e. The number of ether oxygens (including phenoxy) is 1. The third-order valence-electron chi connectivity index (χ3n) is 1.81. The van der Waals surface area contributed by atoms with Crippen LogP contribution in [-0.4, -0.2) is 53.4 Å². The van der Waals surface area contributed by atoms with Crippen molar-refractivity contribution in [3.05, 3.63) is 0 Å². The number of rotatable bonds is 5. The minimum absolute atomic E-state index is 0.321. The molecule has 0 aliphatic rings. The highest BCUT2D eigenvalue weighted by molar-refractivity contribution is 4.82. The lowest BCUT2D eigenvalue weighted by Gasteiger charge is -2.26. The summed E-state index contributed by atoms with van der Waals surface area (Å²) in [6.07, 6.45) is -2.63. The Morgan fingerprint density at radius 2 is 1.92 bits per heavy atom. The van der Waals surface area contributed by atoms with Crippen LogP contribution in [0.25, 0.3) is 0 Å². The summed E-state index contributed by atoms with van der Waals surface area (Å²) in [5, 5.41) is 27.1. The van der Waals surface area contributed by atoms with Crippen molar-refractivity contribution >= 4 is 0 Å². The Bertz CT molecular complexity index is 114. The van der Waals surface area contributed by atoms with Gasteiger partial charge in [0.1, 0.15) is 6.10 Å². The number of hydrogen-bond acceptors (Lipinski definition) is 5. The fraction of sp³-hybridized carbons (Fsp3) is 1.00. The van der Waals surface area contributed by atoms with E-state index in [0.717, 1.165) is 0 Å². The van der Waals surface area contributed by atoms with Crippen LogP contribution in [0.4, 0.5) is 0 Å². The standard InChI is InChI=1S/C7H17NO4/c1-4(10)6(8)7(11)5(3-9)12-2/h4-7,9-11H,3,8H2,1-2H3/t4-,5?,6?,7?/m1/s1. The lowest BCUT2D eigenvalue weighted by molar-refractivity contribution is -0.0661. The first kappa shape index (κ1) is 11.8. The van der Waals surface area contributed by atoms with E-state index in [1.165, 1.54) is 14.0 Å². The molecule has 0 aliphatic heterocycles. The summed E-state index contributed by atoms with van der Waals surface area (Å²) in [6.45, 7) is 1.15. The molecule has 0 heterocycles. The average Bonchev–Trinajstić information content (AvgIpc) is 2.05. The molecule has 0 saturated heterocycles. The highest BCUT2D eigenvalue weighted by Gasteiger charge is 2.27. The van der Waals surface area contributed by atoms with Crippen LogP contribution in [0.2, 0.25) is 0 Å². The molecule has 0 aromatic carbocycles. The van der Waals surface area contributed by atoms with Gasteiger partial charge in [-0.1, -0.05) is 0 Å². The van der Waals surface area contributed by atoms with E-state index in [-0.39, 0.29) is 6.61 Å². The van der Waals surface area contributed by atoms with E-state index < -0.39 is 24.4 Å². The summed E-state index contributed by atoms with van der Waals surface area (Å²) in [4.78, 5) is 0. The molecule has 0 bridgehead atoms. The Morgan fingerprint density at radius 1 is 1.42 bits per heavy atom. The van der Waals surface area contributed by atoms with Gasteiger partial charge in [0.15, 0.2) is 0 Å². The topological polar surface area (TPSA) is 95.9 Å². The Labute approximate surface area is 71.8 Å². The maximum Gasteiger partial charge on any atom is 0.108 e. The van der Waals surface area contributed by atoms with E-state index in [9.17, 15) is 5.11 Å². The number of aliphatic hydroxyl groups is 3. The molecule has 0 aromatic rings. The summed E-state index contributed by atoms with van der Waals surface area (Å²) >= 11 is 0. The number of methoxy groups -OCH3 is 1. The van der Waals surface area contributed by atoms with Crippen LogP contribution in [0.15, 0.2) is 0 Å². The van der Waals surface area contributed by atoms with Gasteiger partial charge >= 0.3 is 0 Å². The van der Waals surface area contributed by atoms with Gasteiger partial charge in [0.25, 0.3) is 0 Å². The predicted octanol–water partition coefficient (Wildman–Crippen LogP) is -1.94. The molecule has 0 aromatic heterocycles. The number of nitrogens with two attached hydrogens (primary N) is 1. The zero-order chi connectivity index (χ0) is 9.72. The summed E-state index contributed by atoms with van der Waals surface area (Å²) in [6, 6.07) is -0.804. The quantitative estimate of drug-likeness (QED) is 0.394. The molecule has 5 nitrogen and oxygen atoms in total. The fourth-order valence-corrected chi connectivity index (χ4v) is 0.855. The van der Waals surface area contributed by atoms with Crippen molar-refractivity contribution in [2.45, 2.75) is 31.3 Å². The summed E-state index contributed by atoms with van der Waals surface area (Å²) in [7, 11) is 1.36. The van der Waals surface area contributed by atoms with Crippen LogP contribution in [0.1, 0.15) is 6.92 Å². The van der Waals surface area contributed by atoms with Crippen LogP contribution in [0, 0.1) is 0 Å². The minimum Gasteiger partial charge on any atom is -0.394 e. The Hall–Kier alpha value is -0.200. The van der Waals surface area contributed by atoms with Crippen LogP contribution in [0.3, 0.4) is 0 Å². The van der Waals surface area contributed by atoms with Gasteiger partial charge in [0, 0.05) is 7.11 Å².